The molecule has 0 unspecified atom stereocenters. The van der Waals surface area contributed by atoms with Crippen molar-refractivity contribution in [2.75, 3.05) is 0 Å². The molecule has 0 aliphatic heterocycles. The maximum absolute atomic E-state index is 6.53. The molecule has 0 saturated heterocycles. The molecule has 0 aliphatic carbocycles. The van der Waals surface area contributed by atoms with Gasteiger partial charge in [0.15, 0.2) is 17.5 Å². The van der Waals surface area contributed by atoms with Gasteiger partial charge in [-0.25, -0.2) is 15.0 Å². The van der Waals surface area contributed by atoms with Crippen molar-refractivity contribution in [1.82, 2.24) is 19.5 Å². The molecule has 0 fully saturated rings. The lowest BCUT2D eigenvalue weighted by molar-refractivity contribution is 0.669. The summed E-state index contributed by atoms with van der Waals surface area (Å²) in [5.41, 5.74) is 14.7. The van der Waals surface area contributed by atoms with Gasteiger partial charge in [0.05, 0.1) is 11.0 Å². The maximum Gasteiger partial charge on any atom is 0.164 e. The number of nitrogens with zero attached hydrogens (tertiary/aromatic N) is 4. The molecule has 0 spiro atoms. The average Bonchev–Trinajstić information content (AvgIpc) is 3.90. The number of fused-ring (bicyclic) bond motifs is 6. The van der Waals surface area contributed by atoms with Crippen LogP contribution in [0.1, 0.15) is 0 Å². The lowest BCUT2D eigenvalue weighted by Gasteiger charge is -2.10. The first-order valence-electron chi connectivity index (χ1n) is 20.8. The number of rotatable bonds is 7. The molecule has 0 N–H and O–H groups in total. The van der Waals surface area contributed by atoms with E-state index >= 15 is 0 Å². The predicted molar refractivity (Wildman–Crippen MR) is 254 cm³/mol. The summed E-state index contributed by atoms with van der Waals surface area (Å²) in [5.74, 6) is 1.81. The largest absolute Gasteiger partial charge is 0.456 e. The van der Waals surface area contributed by atoms with Gasteiger partial charge in [-0.15, -0.1) is 0 Å². The molecular formula is C57H36N4O. The standard InChI is InChI=1S/C57H36N4O/c1-4-13-37(14-5-1)39-23-25-42(26-24-39)56-58-55(41-17-8-3-9-18-41)59-57(60-56)47-20-12-22-53-54(47)49-36-44(30-34-52(49)62-53)43-29-33-51-48(35-43)46-19-10-11-21-50(46)61(51)45-31-27-40(28-32-45)38-15-6-2-7-16-38/h1-36H. The zero-order valence-electron chi connectivity index (χ0n) is 33.5. The molecule has 3 heterocycles. The quantitative estimate of drug-likeness (QED) is 0.161. The minimum atomic E-state index is 0.589. The molecule has 0 bridgehead atoms. The Labute approximate surface area is 357 Å². The third kappa shape index (κ3) is 6.14. The molecule has 0 atom stereocenters. The second kappa shape index (κ2) is 14.7. The summed E-state index contributed by atoms with van der Waals surface area (Å²) in [6.07, 6.45) is 0. The normalized spacial score (nSPS) is 11.5. The van der Waals surface area contributed by atoms with Gasteiger partial charge in [-0.3, -0.25) is 0 Å². The van der Waals surface area contributed by atoms with Crippen LogP contribution in [0.15, 0.2) is 223 Å². The van der Waals surface area contributed by atoms with Gasteiger partial charge in [-0.05, 0) is 81.9 Å². The van der Waals surface area contributed by atoms with Crippen LogP contribution in [-0.2, 0) is 0 Å². The zero-order valence-corrected chi connectivity index (χ0v) is 33.5. The van der Waals surface area contributed by atoms with E-state index in [-0.39, 0.29) is 0 Å². The van der Waals surface area contributed by atoms with E-state index in [0.717, 1.165) is 72.1 Å². The van der Waals surface area contributed by atoms with Gasteiger partial charge in [0.2, 0.25) is 0 Å². The molecule has 5 heteroatoms. The van der Waals surface area contributed by atoms with E-state index in [0.29, 0.717) is 17.5 Å². The Hall–Kier alpha value is -8.41. The van der Waals surface area contributed by atoms with Crippen molar-refractivity contribution in [3.63, 3.8) is 0 Å². The Morgan fingerprint density at radius 3 is 1.47 bits per heavy atom. The van der Waals surface area contributed by atoms with Gasteiger partial charge in [0.1, 0.15) is 11.2 Å². The molecule has 0 radical (unpaired) electrons. The first kappa shape index (κ1) is 35.5. The molecule has 0 aliphatic rings. The highest BCUT2D eigenvalue weighted by Gasteiger charge is 2.19. The van der Waals surface area contributed by atoms with Crippen LogP contribution >= 0.6 is 0 Å². The van der Waals surface area contributed by atoms with Gasteiger partial charge in [0.25, 0.3) is 0 Å². The van der Waals surface area contributed by atoms with E-state index in [1.807, 2.05) is 48.5 Å². The summed E-state index contributed by atoms with van der Waals surface area (Å²) in [4.78, 5) is 15.3. The highest BCUT2D eigenvalue weighted by Crippen LogP contribution is 2.40. The second-order valence-corrected chi connectivity index (χ2v) is 15.6. The van der Waals surface area contributed by atoms with Crippen LogP contribution in [0.2, 0.25) is 0 Å². The SMILES string of the molecule is c1ccc(-c2ccc(-c3nc(-c4ccccc4)nc(-c4cccc5oc6ccc(-c7ccc8c(c7)c7ccccc7n8-c7ccc(-c8ccccc8)cc7)cc6c45)n3)cc2)cc1. The fraction of sp³-hybridized carbons (Fsp3) is 0. The minimum absolute atomic E-state index is 0.589. The van der Waals surface area contributed by atoms with E-state index in [2.05, 4.69) is 174 Å². The van der Waals surface area contributed by atoms with Crippen LogP contribution in [0.4, 0.5) is 0 Å². The predicted octanol–water partition coefficient (Wildman–Crippen LogP) is 14.9. The van der Waals surface area contributed by atoms with Gasteiger partial charge in [-0.2, -0.15) is 0 Å². The molecule has 9 aromatic carbocycles. The minimum Gasteiger partial charge on any atom is -0.456 e. The number of aromatic nitrogens is 4. The molecule has 5 nitrogen and oxygen atoms in total. The van der Waals surface area contributed by atoms with Crippen LogP contribution in [0, 0.1) is 0 Å². The van der Waals surface area contributed by atoms with E-state index in [1.165, 1.54) is 27.4 Å². The van der Waals surface area contributed by atoms with E-state index in [1.54, 1.807) is 0 Å². The molecule has 12 aromatic rings. The van der Waals surface area contributed by atoms with Gasteiger partial charge in [-0.1, -0.05) is 170 Å². The summed E-state index contributed by atoms with van der Waals surface area (Å²) in [6.45, 7) is 0. The Morgan fingerprint density at radius 2 is 0.790 bits per heavy atom. The Bertz CT molecular complexity index is 3590. The molecule has 3 aromatic heterocycles. The van der Waals surface area contributed by atoms with Crippen LogP contribution < -0.4 is 0 Å². The van der Waals surface area contributed by atoms with Crippen LogP contribution in [0.5, 0.6) is 0 Å². The Balaban J connectivity index is 0.975. The molecule has 0 amide bonds. The third-order valence-electron chi connectivity index (χ3n) is 11.9. The topological polar surface area (TPSA) is 56.7 Å². The zero-order chi connectivity index (χ0) is 41.0. The number of furan rings is 1. The lowest BCUT2D eigenvalue weighted by Crippen LogP contribution is -2.00. The van der Waals surface area contributed by atoms with Gasteiger partial charge in [0, 0.05) is 43.9 Å². The highest BCUT2D eigenvalue weighted by molar-refractivity contribution is 6.14. The first-order chi connectivity index (χ1) is 30.7. The van der Waals surface area contributed by atoms with Gasteiger partial charge >= 0.3 is 0 Å². The first-order valence-corrected chi connectivity index (χ1v) is 20.8. The van der Waals surface area contributed by atoms with Crippen LogP contribution in [0.25, 0.3) is 117 Å². The monoisotopic (exact) mass is 792 g/mol. The van der Waals surface area contributed by atoms with Crippen molar-refractivity contribution < 1.29 is 4.42 Å². The second-order valence-electron chi connectivity index (χ2n) is 15.6. The fourth-order valence-electron chi connectivity index (χ4n) is 8.84. The van der Waals surface area contributed by atoms with Crippen molar-refractivity contribution in [2.24, 2.45) is 0 Å². The maximum atomic E-state index is 6.53. The molecule has 290 valence electrons. The number of hydrogen-bond acceptors (Lipinski definition) is 4. The summed E-state index contributed by atoms with van der Waals surface area (Å²) in [7, 11) is 0. The van der Waals surface area contributed by atoms with Crippen molar-refractivity contribution in [2.45, 2.75) is 0 Å². The van der Waals surface area contributed by atoms with Crippen LogP contribution in [-0.4, -0.2) is 19.5 Å². The molecule has 12 rings (SSSR count). The summed E-state index contributed by atoms with van der Waals surface area (Å²) < 4.78 is 8.90. The smallest absolute Gasteiger partial charge is 0.164 e. The van der Waals surface area contributed by atoms with E-state index in [4.69, 9.17) is 19.4 Å². The highest BCUT2D eigenvalue weighted by atomic mass is 16.3. The fourth-order valence-corrected chi connectivity index (χ4v) is 8.84. The number of para-hydroxylation sites is 1. The van der Waals surface area contributed by atoms with Crippen molar-refractivity contribution >= 4 is 43.7 Å². The summed E-state index contributed by atoms with van der Waals surface area (Å²) in [6, 6.07) is 76.4. The van der Waals surface area contributed by atoms with Crippen LogP contribution in [0.3, 0.4) is 0 Å². The third-order valence-corrected chi connectivity index (χ3v) is 11.9. The Morgan fingerprint density at radius 1 is 0.306 bits per heavy atom. The van der Waals surface area contributed by atoms with E-state index < -0.39 is 0 Å². The summed E-state index contributed by atoms with van der Waals surface area (Å²) >= 11 is 0. The lowest BCUT2D eigenvalue weighted by atomic mass is 9.99. The number of benzene rings is 9. The molecular weight excluding hydrogens is 757 g/mol. The van der Waals surface area contributed by atoms with Gasteiger partial charge < -0.3 is 8.98 Å². The summed E-state index contributed by atoms with van der Waals surface area (Å²) in [5, 5.41) is 4.38. The molecule has 62 heavy (non-hydrogen) atoms. The Kier molecular flexibility index (Phi) is 8.42. The molecule has 0 saturated carbocycles. The van der Waals surface area contributed by atoms with E-state index in [9.17, 15) is 0 Å². The number of hydrogen-bond donors (Lipinski definition) is 0. The average molecular weight is 793 g/mol. The van der Waals surface area contributed by atoms with Crippen molar-refractivity contribution in [3.8, 4) is 73.2 Å². The van der Waals surface area contributed by atoms with Crippen molar-refractivity contribution in [3.05, 3.63) is 218 Å². The van der Waals surface area contributed by atoms with Crippen molar-refractivity contribution in [1.29, 1.82) is 0 Å².